The van der Waals surface area contributed by atoms with Crippen LogP contribution < -0.4 is 5.73 Å². The van der Waals surface area contributed by atoms with Crippen molar-refractivity contribution in [3.05, 3.63) is 11.8 Å². The van der Waals surface area contributed by atoms with E-state index in [9.17, 15) is 0 Å². The molecule has 1 aromatic heterocycles. The Bertz CT molecular complexity index is 171. The summed E-state index contributed by atoms with van der Waals surface area (Å²) in [6.07, 6.45) is 2.45. The zero-order valence-electron chi connectivity index (χ0n) is 4.72. The number of nitrogens with two attached hydrogens (primary N) is 1. The molecule has 0 unspecified atom stereocenters. The Morgan fingerprint density at radius 3 is 2.88 bits per heavy atom. The van der Waals surface area contributed by atoms with Gasteiger partial charge in [-0.2, -0.15) is 0 Å². The van der Waals surface area contributed by atoms with Crippen LogP contribution in [0.5, 0.6) is 0 Å². The third-order valence-corrected chi connectivity index (χ3v) is 1.06. The molecular weight excluding hydrogens is 104 g/mol. The summed E-state index contributed by atoms with van der Waals surface area (Å²) in [4.78, 5) is 0. The van der Waals surface area contributed by atoms with Gasteiger partial charge in [-0.25, -0.2) is 0 Å². The molecule has 0 aliphatic carbocycles. The maximum atomic E-state index is 5.35. The molecule has 1 aromatic rings. The van der Waals surface area contributed by atoms with Crippen LogP contribution in [0.25, 0.3) is 0 Å². The first-order chi connectivity index (χ1) is 3.84. The van der Waals surface area contributed by atoms with Gasteiger partial charge in [0.1, 0.15) is 6.26 Å². The van der Waals surface area contributed by atoms with Crippen molar-refractivity contribution in [2.24, 2.45) is 0 Å². The van der Waals surface area contributed by atoms with Crippen molar-refractivity contribution in [3.8, 4) is 0 Å². The molecule has 0 saturated carbocycles. The van der Waals surface area contributed by atoms with Crippen LogP contribution >= 0.6 is 0 Å². The predicted molar refractivity (Wildman–Crippen MR) is 30.3 cm³/mol. The van der Waals surface area contributed by atoms with Crippen LogP contribution in [0.2, 0.25) is 0 Å². The molecule has 3 heteroatoms. The van der Waals surface area contributed by atoms with E-state index >= 15 is 0 Å². The molecule has 0 aliphatic heterocycles. The van der Waals surface area contributed by atoms with Gasteiger partial charge in [-0.15, -0.1) is 0 Å². The Morgan fingerprint density at radius 1 is 1.88 bits per heavy atom. The largest absolute Gasteiger partial charge is 0.381 e. The van der Waals surface area contributed by atoms with Crippen LogP contribution in [0, 0.1) is 0 Å². The highest BCUT2D eigenvalue weighted by molar-refractivity contribution is 5.34. The average molecular weight is 112 g/mol. The van der Waals surface area contributed by atoms with E-state index in [0.29, 0.717) is 5.82 Å². The molecule has 1 heterocycles. The Kier molecular flexibility index (Phi) is 1.20. The van der Waals surface area contributed by atoms with Crippen molar-refractivity contribution in [2.45, 2.75) is 13.3 Å². The molecule has 0 radical (unpaired) electrons. The van der Waals surface area contributed by atoms with Crippen molar-refractivity contribution in [1.29, 1.82) is 0 Å². The van der Waals surface area contributed by atoms with Gasteiger partial charge in [0.05, 0.1) is 0 Å². The summed E-state index contributed by atoms with van der Waals surface area (Å²) in [6, 6.07) is 0. The van der Waals surface area contributed by atoms with Gasteiger partial charge in [-0.1, -0.05) is 12.1 Å². The van der Waals surface area contributed by atoms with Gasteiger partial charge >= 0.3 is 0 Å². The van der Waals surface area contributed by atoms with E-state index in [1.165, 1.54) is 0 Å². The monoisotopic (exact) mass is 112 g/mol. The minimum atomic E-state index is 0.507. The molecule has 44 valence electrons. The summed E-state index contributed by atoms with van der Waals surface area (Å²) < 4.78 is 4.56. The van der Waals surface area contributed by atoms with Crippen molar-refractivity contribution < 1.29 is 4.52 Å². The highest BCUT2D eigenvalue weighted by atomic mass is 16.5. The van der Waals surface area contributed by atoms with Gasteiger partial charge in [-0.3, -0.25) is 0 Å². The van der Waals surface area contributed by atoms with Crippen molar-refractivity contribution in [3.63, 3.8) is 0 Å². The van der Waals surface area contributed by atoms with Crippen molar-refractivity contribution in [2.75, 3.05) is 5.73 Å². The van der Waals surface area contributed by atoms with E-state index in [4.69, 9.17) is 5.73 Å². The number of rotatable bonds is 1. The minimum absolute atomic E-state index is 0.507. The predicted octanol–water partition coefficient (Wildman–Crippen LogP) is 0.819. The maximum absolute atomic E-state index is 5.35. The van der Waals surface area contributed by atoms with E-state index in [2.05, 4.69) is 9.68 Å². The van der Waals surface area contributed by atoms with Gasteiger partial charge in [0, 0.05) is 5.56 Å². The smallest absolute Gasteiger partial charge is 0.169 e. The average Bonchev–Trinajstić information content (AvgIpc) is 2.14. The number of nitrogen functional groups attached to an aromatic ring is 1. The van der Waals surface area contributed by atoms with E-state index in [0.717, 1.165) is 12.0 Å². The Labute approximate surface area is 47.5 Å². The van der Waals surface area contributed by atoms with E-state index < -0.39 is 0 Å². The second-order valence-corrected chi connectivity index (χ2v) is 1.58. The number of hydrogen-bond acceptors (Lipinski definition) is 3. The Morgan fingerprint density at radius 2 is 2.62 bits per heavy atom. The number of aryl methyl sites for hydroxylation is 1. The number of nitrogens with zero attached hydrogens (tertiary/aromatic N) is 1. The molecule has 0 saturated heterocycles. The SMILES string of the molecule is CCc1conc1N. The highest BCUT2D eigenvalue weighted by Crippen LogP contribution is 2.07. The lowest BCUT2D eigenvalue weighted by atomic mass is 10.3. The zero-order chi connectivity index (χ0) is 5.98. The van der Waals surface area contributed by atoms with Crippen LogP contribution in [0.1, 0.15) is 12.5 Å². The highest BCUT2D eigenvalue weighted by Gasteiger charge is 1.97. The Hall–Kier alpha value is -0.990. The lowest BCUT2D eigenvalue weighted by Gasteiger charge is -1.83. The van der Waals surface area contributed by atoms with Crippen LogP contribution in [0.15, 0.2) is 10.8 Å². The normalized spacial score (nSPS) is 9.62. The van der Waals surface area contributed by atoms with E-state index in [1.54, 1.807) is 6.26 Å². The lowest BCUT2D eigenvalue weighted by Crippen LogP contribution is -1.88. The van der Waals surface area contributed by atoms with E-state index in [1.807, 2.05) is 6.92 Å². The topological polar surface area (TPSA) is 52.0 Å². The number of anilines is 1. The third-order valence-electron chi connectivity index (χ3n) is 1.06. The summed E-state index contributed by atoms with van der Waals surface area (Å²) in [5.41, 5.74) is 6.32. The van der Waals surface area contributed by atoms with Gasteiger partial charge in [0.2, 0.25) is 0 Å². The number of aromatic nitrogens is 1. The molecule has 0 spiro atoms. The van der Waals surface area contributed by atoms with Gasteiger partial charge in [-0.05, 0) is 6.42 Å². The second kappa shape index (κ2) is 1.86. The van der Waals surface area contributed by atoms with Gasteiger partial charge in [0.25, 0.3) is 0 Å². The lowest BCUT2D eigenvalue weighted by molar-refractivity contribution is 0.422. The summed E-state index contributed by atoms with van der Waals surface area (Å²) in [7, 11) is 0. The standard InChI is InChI=1S/C5H8N2O/c1-2-4-3-8-7-5(4)6/h3H,2H2,1H3,(H2,6,7). The first kappa shape index (κ1) is 5.15. The van der Waals surface area contributed by atoms with Crippen LogP contribution in [0.3, 0.4) is 0 Å². The fourth-order valence-electron chi connectivity index (χ4n) is 0.530. The molecule has 0 fully saturated rings. The summed E-state index contributed by atoms with van der Waals surface area (Å²) in [5, 5.41) is 3.49. The fraction of sp³-hybridized carbons (Fsp3) is 0.400. The van der Waals surface area contributed by atoms with Gasteiger partial charge < -0.3 is 10.3 Å². The molecule has 0 bridgehead atoms. The van der Waals surface area contributed by atoms with Crippen LogP contribution in [0.4, 0.5) is 5.82 Å². The Balaban J connectivity index is 2.92. The van der Waals surface area contributed by atoms with Crippen molar-refractivity contribution in [1.82, 2.24) is 5.16 Å². The summed E-state index contributed by atoms with van der Waals surface area (Å²) in [5.74, 6) is 0.507. The molecule has 0 atom stereocenters. The zero-order valence-corrected chi connectivity index (χ0v) is 4.72. The maximum Gasteiger partial charge on any atom is 0.169 e. The first-order valence-corrected chi connectivity index (χ1v) is 2.53. The third kappa shape index (κ3) is 0.665. The second-order valence-electron chi connectivity index (χ2n) is 1.58. The molecule has 0 aromatic carbocycles. The summed E-state index contributed by atoms with van der Waals surface area (Å²) in [6.45, 7) is 2.00. The summed E-state index contributed by atoms with van der Waals surface area (Å²) >= 11 is 0. The molecule has 3 nitrogen and oxygen atoms in total. The molecule has 0 aliphatic rings. The quantitative estimate of drug-likeness (QED) is 0.585. The minimum Gasteiger partial charge on any atom is -0.381 e. The fourth-order valence-corrected chi connectivity index (χ4v) is 0.530. The number of hydrogen-bond donors (Lipinski definition) is 1. The van der Waals surface area contributed by atoms with Crippen LogP contribution in [-0.2, 0) is 6.42 Å². The molecule has 1 rings (SSSR count). The van der Waals surface area contributed by atoms with Gasteiger partial charge in [0.15, 0.2) is 5.82 Å². The molecular formula is C5H8N2O. The van der Waals surface area contributed by atoms with E-state index in [-0.39, 0.29) is 0 Å². The molecule has 8 heavy (non-hydrogen) atoms. The first-order valence-electron chi connectivity index (χ1n) is 2.53. The van der Waals surface area contributed by atoms with Crippen LogP contribution in [-0.4, -0.2) is 5.16 Å². The molecule has 0 amide bonds. The van der Waals surface area contributed by atoms with Crippen molar-refractivity contribution >= 4 is 5.82 Å². The molecule has 2 N–H and O–H groups in total.